The van der Waals surface area contributed by atoms with Gasteiger partial charge in [-0.15, -0.1) is 11.3 Å². The first-order chi connectivity index (χ1) is 12.0. The SMILES string of the molecule is COc1ccccc1-c1nc(-c2ccc(C)cc2C)c(CC(=O)[O-])s1. The number of aromatic nitrogens is 1. The molecule has 0 N–H and O–H groups in total. The summed E-state index contributed by atoms with van der Waals surface area (Å²) < 4.78 is 5.41. The Hall–Kier alpha value is -2.66. The minimum atomic E-state index is -1.11. The minimum Gasteiger partial charge on any atom is -0.550 e. The van der Waals surface area contributed by atoms with Gasteiger partial charge in [0, 0.05) is 22.8 Å². The van der Waals surface area contributed by atoms with Gasteiger partial charge in [0.15, 0.2) is 0 Å². The molecular weight excluding hydrogens is 334 g/mol. The number of thiazole rings is 1. The summed E-state index contributed by atoms with van der Waals surface area (Å²) in [5.41, 5.74) is 4.72. The Bertz CT molecular complexity index is 930. The molecule has 128 valence electrons. The Balaban J connectivity index is 2.17. The van der Waals surface area contributed by atoms with Gasteiger partial charge >= 0.3 is 0 Å². The van der Waals surface area contributed by atoms with Gasteiger partial charge in [0.1, 0.15) is 10.8 Å². The van der Waals surface area contributed by atoms with E-state index in [0.29, 0.717) is 16.3 Å². The number of aliphatic carboxylic acids is 1. The van der Waals surface area contributed by atoms with Crippen LogP contribution in [-0.2, 0) is 11.2 Å². The largest absolute Gasteiger partial charge is 0.550 e. The third-order valence-electron chi connectivity index (χ3n) is 3.98. The van der Waals surface area contributed by atoms with Crippen LogP contribution in [0.25, 0.3) is 21.8 Å². The fourth-order valence-electron chi connectivity index (χ4n) is 2.83. The van der Waals surface area contributed by atoms with Gasteiger partial charge in [-0.2, -0.15) is 0 Å². The van der Waals surface area contributed by atoms with Crippen LogP contribution in [0.5, 0.6) is 5.75 Å². The first-order valence-electron chi connectivity index (χ1n) is 7.90. The number of carboxylic acids is 1. The van der Waals surface area contributed by atoms with Gasteiger partial charge in [-0.25, -0.2) is 4.98 Å². The molecule has 0 bridgehead atoms. The monoisotopic (exact) mass is 352 g/mol. The molecule has 0 aliphatic rings. The molecule has 2 aromatic carbocycles. The number of benzene rings is 2. The molecule has 25 heavy (non-hydrogen) atoms. The van der Waals surface area contributed by atoms with Gasteiger partial charge in [-0.05, 0) is 31.5 Å². The lowest BCUT2D eigenvalue weighted by Gasteiger charge is -2.07. The van der Waals surface area contributed by atoms with Crippen LogP contribution < -0.4 is 9.84 Å². The van der Waals surface area contributed by atoms with Crippen molar-refractivity contribution in [2.45, 2.75) is 20.3 Å². The summed E-state index contributed by atoms with van der Waals surface area (Å²) in [5, 5.41) is 11.9. The number of nitrogens with zero attached hydrogens (tertiary/aromatic N) is 1. The van der Waals surface area contributed by atoms with Crippen molar-refractivity contribution >= 4 is 17.3 Å². The molecule has 0 aliphatic heterocycles. The Labute approximate surface area is 150 Å². The van der Waals surface area contributed by atoms with Crippen molar-refractivity contribution in [1.29, 1.82) is 0 Å². The maximum absolute atomic E-state index is 11.2. The molecule has 0 amide bonds. The van der Waals surface area contributed by atoms with Crippen LogP contribution in [0.2, 0.25) is 0 Å². The zero-order valence-electron chi connectivity index (χ0n) is 14.3. The van der Waals surface area contributed by atoms with Gasteiger partial charge in [0.2, 0.25) is 0 Å². The van der Waals surface area contributed by atoms with Gasteiger partial charge in [0.05, 0.1) is 18.4 Å². The zero-order chi connectivity index (χ0) is 18.0. The number of para-hydroxylation sites is 1. The number of hydrogen-bond acceptors (Lipinski definition) is 5. The molecule has 4 nitrogen and oxygen atoms in total. The van der Waals surface area contributed by atoms with Gasteiger partial charge < -0.3 is 14.6 Å². The number of carbonyl (C=O) groups is 1. The third-order valence-corrected chi connectivity index (χ3v) is 5.07. The summed E-state index contributed by atoms with van der Waals surface area (Å²) in [6, 6.07) is 13.7. The number of ether oxygens (including phenoxy) is 1. The Morgan fingerprint density at radius 1 is 1.16 bits per heavy atom. The van der Waals surface area contributed by atoms with Crippen LogP contribution in [-0.4, -0.2) is 18.1 Å². The molecule has 0 aliphatic carbocycles. The summed E-state index contributed by atoms with van der Waals surface area (Å²) in [5.74, 6) is -0.398. The molecule has 3 rings (SSSR count). The van der Waals surface area contributed by atoms with Crippen molar-refractivity contribution in [3.8, 4) is 27.6 Å². The molecule has 5 heteroatoms. The van der Waals surface area contributed by atoms with Crippen molar-refractivity contribution in [3.63, 3.8) is 0 Å². The maximum Gasteiger partial charge on any atom is 0.129 e. The summed E-state index contributed by atoms with van der Waals surface area (Å²) in [4.78, 5) is 16.6. The molecule has 0 saturated heterocycles. The number of rotatable bonds is 5. The number of hydrogen-bond donors (Lipinski definition) is 0. The highest BCUT2D eigenvalue weighted by atomic mass is 32.1. The number of carboxylic acid groups (broad SMARTS) is 1. The second kappa shape index (κ2) is 7.07. The Morgan fingerprint density at radius 3 is 2.60 bits per heavy atom. The highest BCUT2D eigenvalue weighted by Crippen LogP contribution is 2.38. The minimum absolute atomic E-state index is 0.157. The fourth-order valence-corrected chi connectivity index (χ4v) is 3.92. The van der Waals surface area contributed by atoms with Crippen molar-refractivity contribution in [2.75, 3.05) is 7.11 Å². The highest BCUT2D eigenvalue weighted by molar-refractivity contribution is 7.15. The lowest BCUT2D eigenvalue weighted by Crippen LogP contribution is -2.24. The smallest absolute Gasteiger partial charge is 0.129 e. The van der Waals surface area contributed by atoms with Crippen LogP contribution in [0.1, 0.15) is 16.0 Å². The van der Waals surface area contributed by atoms with Crippen molar-refractivity contribution in [1.82, 2.24) is 4.98 Å². The van der Waals surface area contributed by atoms with E-state index in [1.54, 1.807) is 7.11 Å². The summed E-state index contributed by atoms with van der Waals surface area (Å²) in [6.07, 6.45) is -0.157. The quantitative estimate of drug-likeness (QED) is 0.706. The van der Waals surface area contributed by atoms with Crippen LogP contribution in [0.3, 0.4) is 0 Å². The van der Waals surface area contributed by atoms with Crippen molar-refractivity contribution in [3.05, 3.63) is 58.5 Å². The zero-order valence-corrected chi connectivity index (χ0v) is 15.1. The average Bonchev–Trinajstić information content (AvgIpc) is 2.97. The van der Waals surface area contributed by atoms with Crippen molar-refractivity contribution in [2.24, 2.45) is 0 Å². The second-order valence-corrected chi connectivity index (χ2v) is 6.94. The molecule has 1 heterocycles. The van der Waals surface area contributed by atoms with E-state index in [1.165, 1.54) is 11.3 Å². The molecule has 0 radical (unpaired) electrons. The number of methoxy groups -OCH3 is 1. The lowest BCUT2D eigenvalue weighted by atomic mass is 10.0. The van der Waals surface area contributed by atoms with E-state index in [1.807, 2.05) is 50.2 Å². The van der Waals surface area contributed by atoms with E-state index < -0.39 is 5.97 Å². The Kier molecular flexibility index (Phi) is 4.86. The lowest BCUT2D eigenvalue weighted by molar-refractivity contribution is -0.304. The first-order valence-corrected chi connectivity index (χ1v) is 8.72. The molecule has 0 unspecified atom stereocenters. The third kappa shape index (κ3) is 3.56. The molecule has 0 spiro atoms. The van der Waals surface area contributed by atoms with Crippen LogP contribution in [0.4, 0.5) is 0 Å². The summed E-state index contributed by atoms with van der Waals surface area (Å²) in [7, 11) is 1.61. The van der Waals surface area contributed by atoms with Gasteiger partial charge in [-0.1, -0.05) is 35.9 Å². The number of aryl methyl sites for hydroxylation is 2. The normalized spacial score (nSPS) is 10.7. The fraction of sp³-hybridized carbons (Fsp3) is 0.200. The van der Waals surface area contributed by atoms with Crippen molar-refractivity contribution < 1.29 is 14.6 Å². The summed E-state index contributed by atoms with van der Waals surface area (Å²) in [6.45, 7) is 4.04. The Morgan fingerprint density at radius 2 is 1.92 bits per heavy atom. The highest BCUT2D eigenvalue weighted by Gasteiger charge is 2.18. The van der Waals surface area contributed by atoms with E-state index in [-0.39, 0.29) is 6.42 Å². The molecule has 0 fully saturated rings. The van der Waals surface area contributed by atoms with Crippen LogP contribution >= 0.6 is 11.3 Å². The molecule has 1 aromatic heterocycles. The van der Waals surface area contributed by atoms with E-state index in [9.17, 15) is 9.90 Å². The van der Waals surface area contributed by atoms with E-state index >= 15 is 0 Å². The second-order valence-electron chi connectivity index (χ2n) is 5.86. The molecular formula is C20H18NO3S-. The van der Waals surface area contributed by atoms with Gasteiger partial charge in [0.25, 0.3) is 0 Å². The standard InChI is InChI=1S/C20H19NO3S/c1-12-8-9-14(13(2)10-12)19-17(11-18(22)23)25-20(21-19)15-6-4-5-7-16(15)24-3/h4-10H,11H2,1-3H3,(H,22,23)/p-1. The van der Waals surface area contributed by atoms with Crippen LogP contribution in [0.15, 0.2) is 42.5 Å². The predicted octanol–water partition coefficient (Wildman–Crippen LogP) is 3.39. The number of carbonyl (C=O) groups excluding carboxylic acids is 1. The molecule has 3 aromatic rings. The van der Waals surface area contributed by atoms with E-state index in [2.05, 4.69) is 6.07 Å². The topological polar surface area (TPSA) is 62.2 Å². The van der Waals surface area contributed by atoms with Gasteiger partial charge in [-0.3, -0.25) is 0 Å². The predicted molar refractivity (Wildman–Crippen MR) is 97.7 cm³/mol. The van der Waals surface area contributed by atoms with E-state index in [0.717, 1.165) is 27.3 Å². The van der Waals surface area contributed by atoms with E-state index in [4.69, 9.17) is 9.72 Å². The maximum atomic E-state index is 11.2. The molecule has 0 saturated carbocycles. The molecule has 0 atom stereocenters. The summed E-state index contributed by atoms with van der Waals surface area (Å²) >= 11 is 1.37. The first kappa shape index (κ1) is 17.2. The average molecular weight is 352 g/mol. The van der Waals surface area contributed by atoms with Crippen LogP contribution in [0, 0.1) is 13.8 Å².